The van der Waals surface area contributed by atoms with Crippen LogP contribution in [0.15, 0.2) is 53.6 Å². The lowest BCUT2D eigenvalue weighted by atomic mass is 9.97. The van der Waals surface area contributed by atoms with Gasteiger partial charge in [0.1, 0.15) is 12.6 Å². The van der Waals surface area contributed by atoms with Gasteiger partial charge in [0.25, 0.3) is 0 Å². The van der Waals surface area contributed by atoms with E-state index in [2.05, 4.69) is 32.8 Å². The van der Waals surface area contributed by atoms with Crippen LogP contribution in [0.4, 0.5) is 4.79 Å². The standard InChI is InChI=1S/C27H33N5O4/c1-5-17(4)24(26(34)29-23(14-16(2)3)25(33)31-32-28)30-27(35)36-15-22-20-12-8-6-10-18(20)19-11-7-9-13-21(19)22/h6-13,16-17,22-24H,5,14-15H2,1-4H3,(H,29,34)(H,30,35)/t17-,23-,24-/m0/s1. The van der Waals surface area contributed by atoms with E-state index < -0.39 is 30.0 Å². The number of rotatable bonds is 10. The summed E-state index contributed by atoms with van der Waals surface area (Å²) in [6, 6.07) is 14.2. The maximum Gasteiger partial charge on any atom is 0.407 e. The molecule has 1 aliphatic rings. The number of azide groups is 1. The van der Waals surface area contributed by atoms with Crippen molar-refractivity contribution in [2.75, 3.05) is 6.61 Å². The Labute approximate surface area is 211 Å². The number of ether oxygens (including phenoxy) is 1. The zero-order valence-electron chi connectivity index (χ0n) is 21.1. The van der Waals surface area contributed by atoms with Crippen molar-refractivity contribution in [3.05, 3.63) is 70.1 Å². The third-order valence-electron chi connectivity index (χ3n) is 6.58. The van der Waals surface area contributed by atoms with Gasteiger partial charge in [0.15, 0.2) is 0 Å². The van der Waals surface area contributed by atoms with Crippen LogP contribution in [-0.4, -0.2) is 36.6 Å². The summed E-state index contributed by atoms with van der Waals surface area (Å²) in [6.07, 6.45) is 0.210. The topological polar surface area (TPSA) is 133 Å². The van der Waals surface area contributed by atoms with Gasteiger partial charge in [-0.2, -0.15) is 0 Å². The number of amides is 3. The van der Waals surface area contributed by atoms with E-state index in [9.17, 15) is 14.4 Å². The number of hydrogen-bond donors (Lipinski definition) is 2. The van der Waals surface area contributed by atoms with Crippen molar-refractivity contribution in [2.45, 2.75) is 58.5 Å². The Bertz CT molecular complexity index is 1110. The minimum absolute atomic E-state index is 0.0743. The maximum absolute atomic E-state index is 13.1. The van der Waals surface area contributed by atoms with E-state index in [0.29, 0.717) is 12.8 Å². The number of carbonyl (C=O) groups is 3. The molecule has 0 saturated heterocycles. The normalized spacial score (nSPS) is 14.6. The SMILES string of the molecule is CC[C@H](C)[C@H](NC(=O)OCC1c2ccccc2-c2ccccc21)C(=O)N[C@@H](CC(C)C)C(=O)N=[N+]=[N-]. The summed E-state index contributed by atoms with van der Waals surface area (Å²) in [7, 11) is 0. The molecule has 0 radical (unpaired) electrons. The average Bonchev–Trinajstić information content (AvgIpc) is 3.18. The van der Waals surface area contributed by atoms with Gasteiger partial charge in [-0.25, -0.2) is 4.79 Å². The Morgan fingerprint density at radius 2 is 1.58 bits per heavy atom. The average molecular weight is 492 g/mol. The van der Waals surface area contributed by atoms with Crippen molar-refractivity contribution in [1.29, 1.82) is 0 Å². The lowest BCUT2D eigenvalue weighted by Crippen LogP contribution is -2.54. The first-order valence-electron chi connectivity index (χ1n) is 12.3. The van der Waals surface area contributed by atoms with Crippen LogP contribution in [-0.2, 0) is 14.3 Å². The number of nitrogens with zero attached hydrogens (tertiary/aromatic N) is 3. The van der Waals surface area contributed by atoms with Crippen molar-refractivity contribution < 1.29 is 19.1 Å². The summed E-state index contributed by atoms with van der Waals surface area (Å²) in [4.78, 5) is 40.7. The van der Waals surface area contributed by atoms with Crippen molar-refractivity contribution in [1.82, 2.24) is 10.6 Å². The fraction of sp³-hybridized carbons (Fsp3) is 0.444. The molecule has 0 spiro atoms. The summed E-state index contributed by atoms with van der Waals surface area (Å²) in [6.45, 7) is 7.65. The van der Waals surface area contributed by atoms with Crippen LogP contribution >= 0.6 is 0 Å². The first-order chi connectivity index (χ1) is 17.3. The lowest BCUT2D eigenvalue weighted by Gasteiger charge is -2.26. The second-order valence-corrected chi connectivity index (χ2v) is 9.55. The Morgan fingerprint density at radius 1 is 1.00 bits per heavy atom. The molecule has 190 valence electrons. The van der Waals surface area contributed by atoms with Crippen molar-refractivity contribution in [3.8, 4) is 11.1 Å². The highest BCUT2D eigenvalue weighted by Crippen LogP contribution is 2.44. The second kappa shape index (κ2) is 12.2. The maximum atomic E-state index is 13.1. The Balaban J connectivity index is 1.70. The molecule has 0 fully saturated rings. The van der Waals surface area contributed by atoms with Gasteiger partial charge >= 0.3 is 6.09 Å². The first-order valence-corrected chi connectivity index (χ1v) is 12.3. The molecule has 0 aromatic heterocycles. The molecule has 0 aliphatic heterocycles. The number of nitrogens with one attached hydrogen (secondary N) is 2. The second-order valence-electron chi connectivity index (χ2n) is 9.55. The molecule has 3 atom stereocenters. The van der Waals surface area contributed by atoms with Crippen LogP contribution < -0.4 is 10.6 Å². The van der Waals surface area contributed by atoms with Crippen molar-refractivity contribution in [2.24, 2.45) is 17.0 Å². The van der Waals surface area contributed by atoms with Crippen molar-refractivity contribution in [3.63, 3.8) is 0 Å². The molecule has 2 aromatic carbocycles. The van der Waals surface area contributed by atoms with E-state index in [1.165, 1.54) is 0 Å². The zero-order chi connectivity index (χ0) is 26.2. The van der Waals surface area contributed by atoms with E-state index >= 15 is 0 Å². The lowest BCUT2D eigenvalue weighted by molar-refractivity contribution is -0.129. The van der Waals surface area contributed by atoms with Gasteiger partial charge in [0, 0.05) is 10.8 Å². The van der Waals surface area contributed by atoms with Crippen LogP contribution in [0.1, 0.15) is 57.6 Å². The summed E-state index contributed by atoms with van der Waals surface area (Å²) in [5, 5.41) is 8.48. The summed E-state index contributed by atoms with van der Waals surface area (Å²) >= 11 is 0. The Kier molecular flexibility index (Phi) is 9.08. The highest BCUT2D eigenvalue weighted by molar-refractivity contribution is 5.91. The van der Waals surface area contributed by atoms with Gasteiger partial charge in [-0.05, 0) is 51.2 Å². The van der Waals surface area contributed by atoms with E-state index in [0.717, 1.165) is 22.3 Å². The molecule has 9 nitrogen and oxygen atoms in total. The van der Waals surface area contributed by atoms with Gasteiger partial charge in [-0.3, -0.25) is 9.59 Å². The van der Waals surface area contributed by atoms with Gasteiger partial charge in [0.05, 0.1) is 6.04 Å². The Hall–Kier alpha value is -3.84. The summed E-state index contributed by atoms with van der Waals surface area (Å²) in [5.74, 6) is -1.53. The summed E-state index contributed by atoms with van der Waals surface area (Å²) < 4.78 is 5.61. The smallest absolute Gasteiger partial charge is 0.407 e. The predicted octanol–water partition coefficient (Wildman–Crippen LogP) is 5.31. The van der Waals surface area contributed by atoms with Gasteiger partial charge in [0.2, 0.25) is 11.8 Å². The molecule has 2 aromatic rings. The fourth-order valence-corrected chi connectivity index (χ4v) is 4.54. The molecular weight excluding hydrogens is 458 g/mol. The van der Waals surface area contributed by atoms with Crippen molar-refractivity contribution >= 4 is 17.9 Å². The molecule has 2 N–H and O–H groups in total. The quantitative estimate of drug-likeness (QED) is 0.265. The fourth-order valence-electron chi connectivity index (χ4n) is 4.54. The molecule has 0 heterocycles. The van der Waals surface area contributed by atoms with Gasteiger partial charge < -0.3 is 15.4 Å². The minimum Gasteiger partial charge on any atom is -0.449 e. The molecule has 3 rings (SSSR count). The van der Waals surface area contributed by atoms with E-state index in [1.807, 2.05) is 64.1 Å². The number of alkyl carbamates (subject to hydrolysis) is 1. The molecule has 0 bridgehead atoms. The first kappa shape index (κ1) is 26.8. The number of hydrogen-bond acceptors (Lipinski definition) is 4. The molecule has 36 heavy (non-hydrogen) atoms. The highest BCUT2D eigenvalue weighted by atomic mass is 16.5. The zero-order valence-corrected chi connectivity index (χ0v) is 21.1. The van der Waals surface area contributed by atoms with E-state index in [1.54, 1.807) is 0 Å². The predicted molar refractivity (Wildman–Crippen MR) is 137 cm³/mol. The van der Waals surface area contributed by atoms with Gasteiger partial charge in [-0.1, -0.05) is 82.6 Å². The molecular formula is C27H33N5O4. The van der Waals surface area contributed by atoms with Crippen LogP contribution in [0.3, 0.4) is 0 Å². The van der Waals surface area contributed by atoms with Crippen LogP contribution in [0, 0.1) is 11.8 Å². The van der Waals surface area contributed by atoms with Gasteiger partial charge in [-0.15, -0.1) is 0 Å². The summed E-state index contributed by atoms with van der Waals surface area (Å²) in [5.41, 5.74) is 13.1. The third kappa shape index (κ3) is 6.23. The van der Waals surface area contributed by atoms with Crippen LogP contribution in [0.2, 0.25) is 0 Å². The largest absolute Gasteiger partial charge is 0.449 e. The minimum atomic E-state index is -0.968. The molecule has 0 unspecified atom stereocenters. The molecule has 9 heteroatoms. The number of benzene rings is 2. The monoisotopic (exact) mass is 491 g/mol. The number of carbonyl (C=O) groups excluding carboxylic acids is 3. The number of fused-ring (bicyclic) bond motifs is 3. The Morgan fingerprint density at radius 3 is 2.11 bits per heavy atom. The van der Waals surface area contributed by atoms with E-state index in [-0.39, 0.29) is 24.4 Å². The molecule has 0 saturated carbocycles. The van der Waals surface area contributed by atoms with E-state index in [4.69, 9.17) is 10.3 Å². The molecule has 3 amide bonds. The van der Waals surface area contributed by atoms with Crippen LogP contribution in [0.5, 0.6) is 0 Å². The third-order valence-corrected chi connectivity index (χ3v) is 6.58. The highest BCUT2D eigenvalue weighted by Gasteiger charge is 2.32. The molecule has 1 aliphatic carbocycles. The van der Waals surface area contributed by atoms with Crippen LogP contribution in [0.25, 0.3) is 21.6 Å².